The predicted molar refractivity (Wildman–Crippen MR) is 160 cm³/mol. The molecule has 39 heavy (non-hydrogen) atoms. The third-order valence-electron chi connectivity index (χ3n) is 7.38. The highest BCUT2D eigenvalue weighted by Gasteiger charge is 2.38. The molecule has 1 aliphatic heterocycles. The van der Waals surface area contributed by atoms with E-state index < -0.39 is 17.7 Å². The van der Waals surface area contributed by atoms with Crippen molar-refractivity contribution in [3.05, 3.63) is 58.7 Å². The normalized spacial score (nSPS) is 16.3. The lowest BCUT2D eigenvalue weighted by molar-refractivity contribution is -0.166. The number of aromatic nitrogens is 3. The Kier molecular flexibility index (Phi) is 8.86. The van der Waals surface area contributed by atoms with Gasteiger partial charge >= 0.3 is 5.97 Å². The molecule has 1 aliphatic rings. The molecule has 0 saturated carbocycles. The van der Waals surface area contributed by atoms with Crippen molar-refractivity contribution in [1.82, 2.24) is 14.6 Å². The van der Waals surface area contributed by atoms with E-state index in [9.17, 15) is 4.79 Å². The van der Waals surface area contributed by atoms with Crippen LogP contribution >= 0.6 is 15.9 Å². The maximum absolute atomic E-state index is 13.4. The first kappa shape index (κ1) is 29.3. The molecule has 1 atom stereocenters. The summed E-state index contributed by atoms with van der Waals surface area (Å²) in [6.07, 6.45) is 5.28. The standard InChI is InChI=1S/C31H41BrN4O3/c1-8-10-14-31(7)15-17-35(18-16-31)28-26(27(29(37)38-9-2)39-30(4,5)6)21(3)33-25-20-24(34-36(25)28)22-12-11-13-23(32)19-22/h8,11-13,19-20,27H,1,9-10,14-18H2,2-7H3. The molecule has 2 aromatic heterocycles. The van der Waals surface area contributed by atoms with Gasteiger partial charge in [-0.3, -0.25) is 0 Å². The number of benzene rings is 1. The lowest BCUT2D eigenvalue weighted by Gasteiger charge is -2.41. The predicted octanol–water partition coefficient (Wildman–Crippen LogP) is 7.46. The summed E-state index contributed by atoms with van der Waals surface area (Å²) in [7, 11) is 0. The topological polar surface area (TPSA) is 69.0 Å². The van der Waals surface area contributed by atoms with Gasteiger partial charge in [0.05, 0.1) is 23.5 Å². The third kappa shape index (κ3) is 6.72. The summed E-state index contributed by atoms with van der Waals surface area (Å²) in [5, 5.41) is 5.04. The van der Waals surface area contributed by atoms with Gasteiger partial charge in [-0.05, 0) is 77.8 Å². The second kappa shape index (κ2) is 11.8. The van der Waals surface area contributed by atoms with E-state index in [0.29, 0.717) is 0 Å². The molecule has 0 amide bonds. The SMILES string of the molecule is C=CCCC1(C)CCN(c2c(C(OC(C)(C)C)C(=O)OCC)c(C)nc3cc(-c4cccc(Br)c4)nn23)CC1. The number of nitrogens with zero attached hydrogens (tertiary/aromatic N) is 4. The van der Waals surface area contributed by atoms with Gasteiger partial charge < -0.3 is 14.4 Å². The van der Waals surface area contributed by atoms with Gasteiger partial charge in [0.2, 0.25) is 0 Å². The van der Waals surface area contributed by atoms with Crippen molar-refractivity contribution < 1.29 is 14.3 Å². The zero-order chi connectivity index (χ0) is 28.4. The molecule has 0 N–H and O–H groups in total. The number of hydrogen-bond donors (Lipinski definition) is 0. The van der Waals surface area contributed by atoms with Crippen molar-refractivity contribution in [2.24, 2.45) is 5.41 Å². The number of piperidine rings is 1. The molecule has 1 aromatic carbocycles. The van der Waals surface area contributed by atoms with Crippen molar-refractivity contribution in [1.29, 1.82) is 0 Å². The lowest BCUT2D eigenvalue weighted by atomic mass is 9.76. The van der Waals surface area contributed by atoms with Crippen LogP contribution in [-0.2, 0) is 14.3 Å². The molecule has 0 aliphatic carbocycles. The van der Waals surface area contributed by atoms with Crippen LogP contribution in [0.2, 0.25) is 0 Å². The van der Waals surface area contributed by atoms with E-state index in [4.69, 9.17) is 19.6 Å². The Morgan fingerprint density at radius 3 is 2.59 bits per heavy atom. The van der Waals surface area contributed by atoms with E-state index in [0.717, 1.165) is 77.2 Å². The van der Waals surface area contributed by atoms with Gasteiger partial charge in [-0.15, -0.1) is 6.58 Å². The molecular formula is C31H41BrN4O3. The minimum absolute atomic E-state index is 0.250. The van der Waals surface area contributed by atoms with E-state index in [1.165, 1.54) is 0 Å². The number of allylic oxidation sites excluding steroid dienone is 1. The quantitative estimate of drug-likeness (QED) is 0.188. The molecule has 0 radical (unpaired) electrons. The molecule has 210 valence electrons. The number of carbonyl (C=O) groups excluding carboxylic acids is 1. The van der Waals surface area contributed by atoms with Crippen LogP contribution in [0.15, 0.2) is 47.5 Å². The molecule has 3 aromatic rings. The highest BCUT2D eigenvalue weighted by Crippen LogP contribution is 2.41. The summed E-state index contributed by atoms with van der Waals surface area (Å²) in [4.78, 5) is 20.7. The average Bonchev–Trinajstić information content (AvgIpc) is 3.29. The zero-order valence-corrected chi connectivity index (χ0v) is 25.7. The van der Waals surface area contributed by atoms with Crippen molar-refractivity contribution in [2.45, 2.75) is 78.9 Å². The van der Waals surface area contributed by atoms with Gasteiger partial charge in [-0.1, -0.05) is 41.1 Å². The highest BCUT2D eigenvalue weighted by atomic mass is 79.9. The average molecular weight is 598 g/mol. The maximum atomic E-state index is 13.4. The molecule has 0 spiro atoms. The fraction of sp³-hybridized carbons (Fsp3) is 0.516. The van der Waals surface area contributed by atoms with Gasteiger partial charge in [-0.25, -0.2) is 9.78 Å². The van der Waals surface area contributed by atoms with E-state index in [1.54, 1.807) is 0 Å². The van der Waals surface area contributed by atoms with E-state index in [2.05, 4.69) is 34.3 Å². The summed E-state index contributed by atoms with van der Waals surface area (Å²) in [5.41, 5.74) is 3.67. The molecular weight excluding hydrogens is 556 g/mol. The molecule has 7 nitrogen and oxygen atoms in total. The lowest BCUT2D eigenvalue weighted by Crippen LogP contribution is -2.41. The van der Waals surface area contributed by atoms with Gasteiger partial charge in [0, 0.05) is 34.9 Å². The Hall–Kier alpha value is -2.71. The van der Waals surface area contributed by atoms with Crippen LogP contribution in [0.25, 0.3) is 16.9 Å². The summed E-state index contributed by atoms with van der Waals surface area (Å²) >= 11 is 3.58. The minimum atomic E-state index is -0.926. The van der Waals surface area contributed by atoms with Crippen LogP contribution in [-0.4, -0.2) is 45.9 Å². The van der Waals surface area contributed by atoms with Crippen molar-refractivity contribution in [3.63, 3.8) is 0 Å². The largest absolute Gasteiger partial charge is 0.464 e. The molecule has 1 unspecified atom stereocenters. The third-order valence-corrected chi connectivity index (χ3v) is 7.87. The Labute approximate surface area is 240 Å². The van der Waals surface area contributed by atoms with E-state index in [-0.39, 0.29) is 12.0 Å². The summed E-state index contributed by atoms with van der Waals surface area (Å²) in [5.74, 6) is 0.442. The number of ether oxygens (including phenoxy) is 2. The molecule has 4 rings (SSSR count). The number of esters is 1. The second-order valence-electron chi connectivity index (χ2n) is 11.7. The van der Waals surface area contributed by atoms with Crippen LogP contribution in [0, 0.1) is 12.3 Å². The summed E-state index contributed by atoms with van der Waals surface area (Å²) in [6, 6.07) is 10.1. The molecule has 1 fully saturated rings. The second-order valence-corrected chi connectivity index (χ2v) is 12.6. The monoisotopic (exact) mass is 596 g/mol. The fourth-order valence-corrected chi connectivity index (χ4v) is 5.67. The first-order valence-corrected chi connectivity index (χ1v) is 14.6. The number of rotatable bonds is 9. The molecule has 0 bridgehead atoms. The Morgan fingerprint density at radius 1 is 1.26 bits per heavy atom. The van der Waals surface area contributed by atoms with E-state index in [1.807, 2.05) is 75.5 Å². The van der Waals surface area contributed by atoms with Crippen molar-refractivity contribution >= 4 is 33.4 Å². The Bertz CT molecular complexity index is 1340. The van der Waals surface area contributed by atoms with Gasteiger partial charge in [0.25, 0.3) is 0 Å². The summed E-state index contributed by atoms with van der Waals surface area (Å²) in [6.45, 7) is 17.9. The smallest absolute Gasteiger partial charge is 0.340 e. The van der Waals surface area contributed by atoms with E-state index >= 15 is 0 Å². The van der Waals surface area contributed by atoms with Crippen LogP contribution in [0.3, 0.4) is 0 Å². The summed E-state index contributed by atoms with van der Waals surface area (Å²) < 4.78 is 14.8. The number of anilines is 1. The van der Waals surface area contributed by atoms with Crippen LogP contribution in [0.4, 0.5) is 5.82 Å². The number of fused-ring (bicyclic) bond motifs is 1. The Balaban J connectivity index is 1.89. The van der Waals surface area contributed by atoms with Gasteiger partial charge in [-0.2, -0.15) is 9.61 Å². The number of carbonyl (C=O) groups is 1. The van der Waals surface area contributed by atoms with Crippen LogP contribution in [0.5, 0.6) is 0 Å². The van der Waals surface area contributed by atoms with Gasteiger partial charge in [0.1, 0.15) is 5.82 Å². The molecule has 8 heteroatoms. The fourth-order valence-electron chi connectivity index (χ4n) is 5.27. The molecule has 3 heterocycles. The highest BCUT2D eigenvalue weighted by molar-refractivity contribution is 9.10. The first-order chi connectivity index (χ1) is 18.4. The number of halogens is 1. The van der Waals surface area contributed by atoms with Crippen LogP contribution in [0.1, 0.15) is 77.7 Å². The minimum Gasteiger partial charge on any atom is -0.464 e. The Morgan fingerprint density at radius 2 is 1.97 bits per heavy atom. The number of aryl methyl sites for hydroxylation is 1. The van der Waals surface area contributed by atoms with Crippen LogP contribution < -0.4 is 4.90 Å². The van der Waals surface area contributed by atoms with Crippen molar-refractivity contribution in [3.8, 4) is 11.3 Å². The zero-order valence-electron chi connectivity index (χ0n) is 24.1. The maximum Gasteiger partial charge on any atom is 0.340 e. The van der Waals surface area contributed by atoms with Crippen molar-refractivity contribution in [2.75, 3.05) is 24.6 Å². The number of hydrogen-bond acceptors (Lipinski definition) is 6. The molecule has 1 saturated heterocycles. The van der Waals surface area contributed by atoms with Gasteiger partial charge in [0.15, 0.2) is 11.8 Å². The first-order valence-electron chi connectivity index (χ1n) is 13.8.